The summed E-state index contributed by atoms with van der Waals surface area (Å²) < 4.78 is 29.0. The molecular weight excluding hydrogens is 266 g/mol. The van der Waals surface area contributed by atoms with E-state index in [1.807, 2.05) is 6.07 Å². The Kier molecular flexibility index (Phi) is 4.49. The first-order chi connectivity index (χ1) is 9.01. The summed E-state index contributed by atoms with van der Waals surface area (Å²) in [5.41, 5.74) is 1.44. The molecule has 0 aliphatic carbocycles. The van der Waals surface area contributed by atoms with E-state index in [0.29, 0.717) is 25.5 Å². The molecule has 0 radical (unpaired) electrons. The van der Waals surface area contributed by atoms with E-state index < -0.39 is 9.84 Å². The van der Waals surface area contributed by atoms with Crippen molar-refractivity contribution in [2.24, 2.45) is 0 Å². The molecule has 19 heavy (non-hydrogen) atoms. The van der Waals surface area contributed by atoms with Gasteiger partial charge in [-0.1, -0.05) is 6.92 Å². The molecule has 0 bridgehead atoms. The van der Waals surface area contributed by atoms with Gasteiger partial charge >= 0.3 is 0 Å². The quantitative estimate of drug-likeness (QED) is 0.746. The van der Waals surface area contributed by atoms with Gasteiger partial charge in [-0.3, -0.25) is 4.90 Å². The van der Waals surface area contributed by atoms with Gasteiger partial charge in [-0.2, -0.15) is 0 Å². The van der Waals surface area contributed by atoms with Crippen molar-refractivity contribution >= 4 is 9.84 Å². The zero-order valence-corrected chi connectivity index (χ0v) is 12.1. The molecular formula is C12H19N3O3S. The fourth-order valence-electron chi connectivity index (χ4n) is 1.94. The van der Waals surface area contributed by atoms with Crippen molar-refractivity contribution in [2.75, 3.05) is 32.1 Å². The fraction of sp³-hybridized carbons (Fsp3) is 0.667. The third kappa shape index (κ3) is 3.71. The Bertz CT molecular complexity index is 539. The minimum absolute atomic E-state index is 0.0213. The van der Waals surface area contributed by atoms with Gasteiger partial charge in [-0.25, -0.2) is 18.4 Å². The van der Waals surface area contributed by atoms with Gasteiger partial charge in [-0.05, 0) is 13.0 Å². The molecule has 0 aromatic carbocycles. The normalized spacial score (nSPS) is 17.6. The largest absolute Gasteiger partial charge is 0.379 e. The van der Waals surface area contributed by atoms with Crippen LogP contribution < -0.4 is 0 Å². The fourth-order valence-corrected chi connectivity index (χ4v) is 2.74. The van der Waals surface area contributed by atoms with Crippen molar-refractivity contribution < 1.29 is 13.2 Å². The van der Waals surface area contributed by atoms with Gasteiger partial charge in [0.1, 0.15) is 0 Å². The average molecular weight is 285 g/mol. The van der Waals surface area contributed by atoms with Crippen LogP contribution >= 0.6 is 0 Å². The first-order valence-corrected chi connectivity index (χ1v) is 8.04. The van der Waals surface area contributed by atoms with Gasteiger partial charge in [0.05, 0.1) is 24.7 Å². The van der Waals surface area contributed by atoms with E-state index in [-0.39, 0.29) is 10.9 Å². The average Bonchev–Trinajstić information content (AvgIpc) is 2.39. The third-order valence-corrected chi connectivity index (χ3v) is 4.53. The second-order valence-electron chi connectivity index (χ2n) is 4.58. The van der Waals surface area contributed by atoms with Crippen molar-refractivity contribution in [3.63, 3.8) is 0 Å². The van der Waals surface area contributed by atoms with Crippen LogP contribution in [0.1, 0.15) is 18.3 Å². The summed E-state index contributed by atoms with van der Waals surface area (Å²) >= 11 is 0. The van der Waals surface area contributed by atoms with E-state index in [0.717, 1.165) is 18.8 Å². The molecule has 0 unspecified atom stereocenters. The molecule has 0 amide bonds. The summed E-state index contributed by atoms with van der Waals surface area (Å²) in [4.78, 5) is 10.4. The molecule has 1 aliphatic rings. The summed E-state index contributed by atoms with van der Waals surface area (Å²) in [5.74, 6) is 0.0213. The highest BCUT2D eigenvalue weighted by Crippen LogP contribution is 2.11. The van der Waals surface area contributed by atoms with Gasteiger partial charge in [0.15, 0.2) is 0 Å². The molecule has 1 fully saturated rings. The zero-order valence-electron chi connectivity index (χ0n) is 11.3. The highest BCUT2D eigenvalue weighted by Gasteiger charge is 2.18. The first-order valence-electron chi connectivity index (χ1n) is 6.38. The summed E-state index contributed by atoms with van der Waals surface area (Å²) in [6.45, 7) is 7.15. The van der Waals surface area contributed by atoms with Crippen LogP contribution in [0.4, 0.5) is 0 Å². The molecule has 0 atom stereocenters. The van der Waals surface area contributed by atoms with Crippen LogP contribution in [0.25, 0.3) is 0 Å². The van der Waals surface area contributed by atoms with E-state index >= 15 is 0 Å². The molecule has 6 nitrogen and oxygen atoms in total. The molecule has 106 valence electrons. The molecule has 7 heteroatoms. The van der Waals surface area contributed by atoms with Gasteiger partial charge in [0, 0.05) is 25.3 Å². The number of hydrogen-bond donors (Lipinski definition) is 0. The minimum Gasteiger partial charge on any atom is -0.379 e. The number of aryl methyl sites for hydroxylation is 1. The number of morpholine rings is 1. The standard InChI is InChI=1S/C12H19N3O3S/c1-3-19(16,17)12-13-10(2)8-11(14-12)9-15-4-6-18-7-5-15/h8H,3-7,9H2,1-2H3. The van der Waals surface area contributed by atoms with Crippen molar-refractivity contribution in [3.05, 3.63) is 17.5 Å². The summed E-state index contributed by atoms with van der Waals surface area (Å²) in [7, 11) is -3.35. The molecule has 1 saturated heterocycles. The highest BCUT2D eigenvalue weighted by atomic mass is 32.2. The first kappa shape index (κ1) is 14.4. The Balaban J connectivity index is 2.21. The lowest BCUT2D eigenvalue weighted by Crippen LogP contribution is -2.36. The molecule has 0 saturated carbocycles. The highest BCUT2D eigenvalue weighted by molar-refractivity contribution is 7.91. The van der Waals surface area contributed by atoms with Crippen molar-refractivity contribution in [3.8, 4) is 0 Å². The third-order valence-electron chi connectivity index (χ3n) is 3.03. The molecule has 1 aliphatic heterocycles. The van der Waals surface area contributed by atoms with Crippen LogP contribution in [-0.4, -0.2) is 55.3 Å². The van der Waals surface area contributed by atoms with Crippen molar-refractivity contribution in [1.29, 1.82) is 0 Å². The second kappa shape index (κ2) is 5.94. The van der Waals surface area contributed by atoms with E-state index in [9.17, 15) is 8.42 Å². The Morgan fingerprint density at radius 2 is 2.00 bits per heavy atom. The van der Waals surface area contributed by atoms with Crippen molar-refractivity contribution in [2.45, 2.75) is 25.5 Å². The van der Waals surface area contributed by atoms with Crippen molar-refractivity contribution in [1.82, 2.24) is 14.9 Å². The lowest BCUT2D eigenvalue weighted by molar-refractivity contribution is 0.0335. The maximum absolute atomic E-state index is 11.8. The van der Waals surface area contributed by atoms with E-state index in [1.54, 1.807) is 13.8 Å². The van der Waals surface area contributed by atoms with E-state index in [4.69, 9.17) is 4.74 Å². The van der Waals surface area contributed by atoms with Crippen LogP contribution in [0.5, 0.6) is 0 Å². The number of ether oxygens (including phenoxy) is 1. The monoisotopic (exact) mass is 285 g/mol. The Morgan fingerprint density at radius 3 is 2.63 bits per heavy atom. The number of aromatic nitrogens is 2. The lowest BCUT2D eigenvalue weighted by atomic mass is 10.3. The van der Waals surface area contributed by atoms with Crippen LogP contribution in [0, 0.1) is 6.92 Å². The molecule has 1 aromatic rings. The van der Waals surface area contributed by atoms with Gasteiger partial charge < -0.3 is 4.74 Å². The molecule has 2 heterocycles. The van der Waals surface area contributed by atoms with Gasteiger partial charge in [0.2, 0.25) is 15.0 Å². The van der Waals surface area contributed by atoms with Crippen LogP contribution in [0.3, 0.4) is 0 Å². The van der Waals surface area contributed by atoms with Gasteiger partial charge in [-0.15, -0.1) is 0 Å². The number of hydrogen-bond acceptors (Lipinski definition) is 6. The molecule has 1 aromatic heterocycles. The number of sulfone groups is 1. The molecule has 0 spiro atoms. The maximum atomic E-state index is 11.8. The summed E-state index contributed by atoms with van der Waals surface area (Å²) in [5, 5.41) is -0.0572. The Labute approximate surface area is 113 Å². The molecule has 0 N–H and O–H groups in total. The maximum Gasteiger partial charge on any atom is 0.247 e. The second-order valence-corrected chi connectivity index (χ2v) is 6.75. The zero-order chi connectivity index (χ0) is 13.9. The number of rotatable bonds is 4. The Hall–Kier alpha value is -1.05. The van der Waals surface area contributed by atoms with E-state index in [1.165, 1.54) is 0 Å². The molecule has 2 rings (SSSR count). The number of nitrogens with zero attached hydrogens (tertiary/aromatic N) is 3. The van der Waals surface area contributed by atoms with E-state index in [2.05, 4.69) is 14.9 Å². The van der Waals surface area contributed by atoms with Crippen LogP contribution in [0.2, 0.25) is 0 Å². The van der Waals surface area contributed by atoms with Crippen LogP contribution in [0.15, 0.2) is 11.2 Å². The lowest BCUT2D eigenvalue weighted by Gasteiger charge is -2.26. The topological polar surface area (TPSA) is 72.4 Å². The Morgan fingerprint density at radius 1 is 1.32 bits per heavy atom. The summed E-state index contributed by atoms with van der Waals surface area (Å²) in [6, 6.07) is 1.84. The minimum atomic E-state index is -3.35. The predicted octanol–water partition coefficient (Wildman–Crippen LogP) is 0.411. The predicted molar refractivity (Wildman–Crippen MR) is 70.6 cm³/mol. The van der Waals surface area contributed by atoms with Gasteiger partial charge in [0.25, 0.3) is 0 Å². The smallest absolute Gasteiger partial charge is 0.247 e. The van der Waals surface area contributed by atoms with Crippen LogP contribution in [-0.2, 0) is 21.1 Å². The summed E-state index contributed by atoms with van der Waals surface area (Å²) in [6.07, 6.45) is 0. The SMILES string of the molecule is CCS(=O)(=O)c1nc(C)cc(CN2CCOCC2)n1.